The lowest BCUT2D eigenvalue weighted by Gasteiger charge is -2.25. The van der Waals surface area contributed by atoms with Gasteiger partial charge in [-0.05, 0) is 24.6 Å². The highest BCUT2D eigenvalue weighted by Crippen LogP contribution is 2.25. The third-order valence-electron chi connectivity index (χ3n) is 5.01. The summed E-state index contributed by atoms with van der Waals surface area (Å²) in [6.45, 7) is 1.94. The Kier molecular flexibility index (Phi) is 4.96. The van der Waals surface area contributed by atoms with E-state index in [1.54, 1.807) is 24.1 Å². The van der Waals surface area contributed by atoms with E-state index in [1.165, 1.54) is 23.5 Å². The van der Waals surface area contributed by atoms with Crippen LogP contribution in [-0.4, -0.2) is 27.2 Å². The molecule has 142 valence electrons. The number of benzene rings is 2. The van der Waals surface area contributed by atoms with Crippen LogP contribution in [0.2, 0.25) is 0 Å². The number of hydrogen-bond donors (Lipinski definition) is 0. The number of amides is 1. The molecule has 1 amide bonds. The molecule has 0 aliphatic carbocycles. The molecule has 0 aliphatic rings. The maximum Gasteiger partial charge on any atom is 0.228 e. The molecule has 0 radical (unpaired) electrons. The molecule has 2 aromatic heterocycles. The van der Waals surface area contributed by atoms with Crippen molar-refractivity contribution in [3.8, 4) is 11.3 Å². The van der Waals surface area contributed by atoms with E-state index in [-0.39, 0.29) is 24.2 Å². The monoisotopic (exact) mass is 393 g/mol. The van der Waals surface area contributed by atoms with E-state index in [0.29, 0.717) is 0 Å². The Hall–Kier alpha value is -2.99. The van der Waals surface area contributed by atoms with Crippen molar-refractivity contribution in [3.63, 3.8) is 0 Å². The number of carbonyl (C=O) groups is 1. The number of thiazole rings is 1. The van der Waals surface area contributed by atoms with Gasteiger partial charge < -0.3 is 4.90 Å². The molecule has 6 heteroatoms. The molecule has 0 saturated heterocycles. The molecule has 0 spiro atoms. The van der Waals surface area contributed by atoms with Crippen molar-refractivity contribution in [1.29, 1.82) is 0 Å². The predicted molar refractivity (Wildman–Crippen MR) is 110 cm³/mol. The Morgan fingerprint density at radius 1 is 1.18 bits per heavy atom. The summed E-state index contributed by atoms with van der Waals surface area (Å²) in [6, 6.07) is 16.1. The van der Waals surface area contributed by atoms with Crippen LogP contribution in [0.15, 0.2) is 66.2 Å². The quantitative estimate of drug-likeness (QED) is 0.480. The highest BCUT2D eigenvalue weighted by molar-refractivity contribution is 7.15. The van der Waals surface area contributed by atoms with Gasteiger partial charge in [-0.3, -0.25) is 9.20 Å². The Labute approximate surface area is 166 Å². The lowest BCUT2D eigenvalue weighted by atomic mass is 10.1. The predicted octanol–water partition coefficient (Wildman–Crippen LogP) is 4.96. The summed E-state index contributed by atoms with van der Waals surface area (Å²) >= 11 is 1.53. The van der Waals surface area contributed by atoms with E-state index < -0.39 is 0 Å². The van der Waals surface area contributed by atoms with Gasteiger partial charge in [-0.15, -0.1) is 11.3 Å². The Morgan fingerprint density at radius 3 is 2.61 bits per heavy atom. The molecule has 4 nitrogen and oxygen atoms in total. The van der Waals surface area contributed by atoms with Gasteiger partial charge in [-0.1, -0.05) is 42.5 Å². The minimum absolute atomic E-state index is 0.00601. The first-order chi connectivity index (χ1) is 13.5. The number of fused-ring (bicyclic) bond motifs is 1. The van der Waals surface area contributed by atoms with Crippen molar-refractivity contribution >= 4 is 22.2 Å². The van der Waals surface area contributed by atoms with Gasteiger partial charge >= 0.3 is 0 Å². The van der Waals surface area contributed by atoms with Crippen LogP contribution in [0.25, 0.3) is 16.2 Å². The van der Waals surface area contributed by atoms with Gasteiger partial charge in [-0.2, -0.15) is 0 Å². The van der Waals surface area contributed by atoms with E-state index in [1.807, 2.05) is 53.2 Å². The second kappa shape index (κ2) is 7.56. The highest BCUT2D eigenvalue weighted by Gasteiger charge is 2.20. The van der Waals surface area contributed by atoms with Crippen LogP contribution in [0.5, 0.6) is 0 Å². The van der Waals surface area contributed by atoms with Crippen molar-refractivity contribution in [2.45, 2.75) is 19.4 Å². The van der Waals surface area contributed by atoms with E-state index in [4.69, 9.17) is 0 Å². The molecule has 1 unspecified atom stereocenters. The first-order valence-corrected chi connectivity index (χ1v) is 9.93. The highest BCUT2D eigenvalue weighted by atomic mass is 32.1. The van der Waals surface area contributed by atoms with Gasteiger partial charge in [0.25, 0.3) is 0 Å². The zero-order valence-corrected chi connectivity index (χ0v) is 16.5. The van der Waals surface area contributed by atoms with E-state index in [0.717, 1.165) is 27.5 Å². The lowest BCUT2D eigenvalue weighted by Crippen LogP contribution is -2.31. The number of nitrogens with zero attached hydrogens (tertiary/aromatic N) is 3. The fourth-order valence-electron chi connectivity index (χ4n) is 3.17. The summed E-state index contributed by atoms with van der Waals surface area (Å²) in [4.78, 5) is 20.1. The molecule has 0 saturated carbocycles. The van der Waals surface area contributed by atoms with Gasteiger partial charge in [0.1, 0.15) is 5.82 Å². The van der Waals surface area contributed by atoms with Crippen LogP contribution in [0.1, 0.15) is 24.2 Å². The largest absolute Gasteiger partial charge is 0.339 e. The van der Waals surface area contributed by atoms with Crippen molar-refractivity contribution in [1.82, 2.24) is 14.3 Å². The number of imidazole rings is 1. The number of aromatic nitrogens is 2. The number of rotatable bonds is 5. The molecule has 1 atom stereocenters. The maximum absolute atomic E-state index is 13.1. The summed E-state index contributed by atoms with van der Waals surface area (Å²) in [5.41, 5.74) is 3.77. The van der Waals surface area contributed by atoms with Crippen LogP contribution in [0.3, 0.4) is 0 Å². The molecule has 0 bridgehead atoms. The summed E-state index contributed by atoms with van der Waals surface area (Å²) in [5.74, 6) is -0.272. The molecule has 0 aliphatic heterocycles. The first-order valence-electron chi connectivity index (χ1n) is 9.05. The molecule has 0 fully saturated rings. The third kappa shape index (κ3) is 3.55. The SMILES string of the molecule is CC(c1ccc(F)cc1)N(C)C(=O)Cc1csc2nc(-c3ccccc3)cn12. The van der Waals surface area contributed by atoms with Gasteiger partial charge in [0, 0.05) is 29.9 Å². The first kappa shape index (κ1) is 18.4. The average Bonchev–Trinajstić information content (AvgIpc) is 3.30. The number of likely N-dealkylation sites (N-methyl/N-ethyl adjacent to an activating group) is 1. The minimum atomic E-state index is -0.278. The molecule has 2 aromatic carbocycles. The minimum Gasteiger partial charge on any atom is -0.339 e. The molecule has 0 N–H and O–H groups in total. The summed E-state index contributed by atoms with van der Waals surface area (Å²) in [5, 5.41) is 1.98. The Morgan fingerprint density at radius 2 is 1.89 bits per heavy atom. The van der Waals surface area contributed by atoms with Crippen LogP contribution in [0, 0.1) is 5.82 Å². The Bertz CT molecular complexity index is 1100. The van der Waals surface area contributed by atoms with Gasteiger partial charge in [0.15, 0.2) is 4.96 Å². The molecule has 4 rings (SSSR count). The van der Waals surface area contributed by atoms with Crippen molar-refractivity contribution in [3.05, 3.63) is 83.2 Å². The lowest BCUT2D eigenvalue weighted by molar-refractivity contribution is -0.131. The molecule has 4 aromatic rings. The van der Waals surface area contributed by atoms with Gasteiger partial charge in [0.05, 0.1) is 18.2 Å². The topological polar surface area (TPSA) is 37.6 Å². The van der Waals surface area contributed by atoms with Crippen molar-refractivity contribution in [2.75, 3.05) is 7.05 Å². The zero-order valence-electron chi connectivity index (χ0n) is 15.7. The average molecular weight is 393 g/mol. The standard InChI is InChI=1S/C22H20FN3OS/c1-15(16-8-10-18(23)11-9-16)25(2)21(27)12-19-14-28-22-24-20(13-26(19)22)17-6-4-3-5-7-17/h3-11,13-15H,12H2,1-2H3. The fourth-order valence-corrected chi connectivity index (χ4v) is 4.04. The third-order valence-corrected chi connectivity index (χ3v) is 5.90. The molecular formula is C22H20FN3OS. The number of halogens is 1. The van der Waals surface area contributed by atoms with Crippen LogP contribution in [-0.2, 0) is 11.2 Å². The smallest absolute Gasteiger partial charge is 0.228 e. The molecule has 28 heavy (non-hydrogen) atoms. The number of carbonyl (C=O) groups excluding carboxylic acids is 1. The maximum atomic E-state index is 13.1. The van der Waals surface area contributed by atoms with Crippen LogP contribution in [0.4, 0.5) is 4.39 Å². The zero-order chi connectivity index (χ0) is 19.7. The van der Waals surface area contributed by atoms with Crippen LogP contribution >= 0.6 is 11.3 Å². The van der Waals surface area contributed by atoms with Crippen LogP contribution < -0.4 is 0 Å². The number of hydrogen-bond acceptors (Lipinski definition) is 3. The summed E-state index contributed by atoms with van der Waals surface area (Å²) in [7, 11) is 1.78. The van der Waals surface area contributed by atoms with Crippen molar-refractivity contribution in [2.24, 2.45) is 0 Å². The second-order valence-electron chi connectivity index (χ2n) is 6.78. The summed E-state index contributed by atoms with van der Waals surface area (Å²) in [6.07, 6.45) is 2.26. The van der Waals surface area contributed by atoms with Gasteiger partial charge in [-0.25, -0.2) is 9.37 Å². The van der Waals surface area contributed by atoms with Gasteiger partial charge in [0.2, 0.25) is 5.91 Å². The second-order valence-corrected chi connectivity index (χ2v) is 7.62. The Balaban J connectivity index is 1.53. The van der Waals surface area contributed by atoms with E-state index in [9.17, 15) is 9.18 Å². The normalized spacial score (nSPS) is 12.2. The van der Waals surface area contributed by atoms with E-state index >= 15 is 0 Å². The molecule has 2 heterocycles. The van der Waals surface area contributed by atoms with Crippen molar-refractivity contribution < 1.29 is 9.18 Å². The summed E-state index contributed by atoms with van der Waals surface area (Å²) < 4.78 is 15.1. The molecular weight excluding hydrogens is 373 g/mol. The fraction of sp³-hybridized carbons (Fsp3) is 0.182. The van der Waals surface area contributed by atoms with E-state index in [2.05, 4.69) is 4.98 Å².